The van der Waals surface area contributed by atoms with Gasteiger partial charge in [0.15, 0.2) is 0 Å². The van der Waals surface area contributed by atoms with E-state index in [9.17, 15) is 8.78 Å². The third kappa shape index (κ3) is 2.63. The number of hydrogen-bond donors (Lipinski definition) is 1. The largest absolute Gasteiger partial charge is 0.327 e. The number of rotatable bonds is 2. The van der Waals surface area contributed by atoms with Crippen molar-refractivity contribution in [2.75, 3.05) is 6.54 Å². The minimum atomic E-state index is -0.447. The van der Waals surface area contributed by atoms with Gasteiger partial charge < -0.3 is 5.73 Å². The highest BCUT2D eigenvalue weighted by Crippen LogP contribution is 2.12. The molecule has 0 saturated heterocycles. The molecule has 1 aromatic rings. The van der Waals surface area contributed by atoms with Gasteiger partial charge in [-0.15, -0.1) is 0 Å². The summed E-state index contributed by atoms with van der Waals surface area (Å²) in [5.41, 5.74) is 6.37. The smallest absolute Gasteiger partial charge is 0.130 e. The van der Waals surface area contributed by atoms with Crippen LogP contribution < -0.4 is 5.73 Å². The molecule has 0 spiro atoms. The maximum absolute atomic E-state index is 13.0. The van der Waals surface area contributed by atoms with Gasteiger partial charge in [-0.05, 0) is 25.1 Å². The Morgan fingerprint density at radius 1 is 1.46 bits per heavy atom. The van der Waals surface area contributed by atoms with Gasteiger partial charge in [0.2, 0.25) is 0 Å². The molecular weight excluding hydrogens is 172 g/mol. The van der Waals surface area contributed by atoms with E-state index in [-0.39, 0.29) is 5.56 Å². The van der Waals surface area contributed by atoms with E-state index in [0.29, 0.717) is 6.54 Å². The monoisotopic (exact) mass is 183 g/mol. The molecule has 13 heavy (non-hydrogen) atoms. The highest BCUT2D eigenvalue weighted by atomic mass is 19.1. The maximum atomic E-state index is 13.0. The van der Waals surface area contributed by atoms with E-state index in [2.05, 4.69) is 0 Å². The number of halogens is 2. The van der Waals surface area contributed by atoms with E-state index in [1.807, 2.05) is 0 Å². The molecule has 0 fully saturated rings. The van der Waals surface area contributed by atoms with Crippen LogP contribution in [-0.4, -0.2) is 6.54 Å². The van der Waals surface area contributed by atoms with E-state index in [1.54, 1.807) is 13.0 Å². The summed E-state index contributed by atoms with van der Waals surface area (Å²) in [6.07, 6.45) is 1.54. The molecule has 0 unspecified atom stereocenters. The van der Waals surface area contributed by atoms with E-state index in [1.165, 1.54) is 0 Å². The zero-order valence-corrected chi connectivity index (χ0v) is 7.35. The zero-order chi connectivity index (χ0) is 9.84. The molecule has 1 rings (SSSR count). The lowest BCUT2D eigenvalue weighted by Crippen LogP contribution is -1.99. The molecule has 70 valence electrons. The van der Waals surface area contributed by atoms with Crippen LogP contribution in [0.5, 0.6) is 0 Å². The summed E-state index contributed by atoms with van der Waals surface area (Å²) in [4.78, 5) is 0. The fourth-order valence-corrected chi connectivity index (χ4v) is 0.950. The lowest BCUT2D eigenvalue weighted by Gasteiger charge is -1.99. The van der Waals surface area contributed by atoms with Gasteiger partial charge in [0.05, 0.1) is 0 Å². The van der Waals surface area contributed by atoms with Crippen LogP contribution in [0.15, 0.2) is 23.8 Å². The van der Waals surface area contributed by atoms with Crippen molar-refractivity contribution in [1.82, 2.24) is 0 Å². The molecule has 1 aromatic carbocycles. The average molecular weight is 183 g/mol. The van der Waals surface area contributed by atoms with Gasteiger partial charge in [0, 0.05) is 12.1 Å². The quantitative estimate of drug-likeness (QED) is 0.748. The molecule has 0 aliphatic heterocycles. The topological polar surface area (TPSA) is 26.0 Å². The molecule has 0 aliphatic rings. The van der Waals surface area contributed by atoms with Crippen LogP contribution in [0.3, 0.4) is 0 Å². The predicted molar refractivity (Wildman–Crippen MR) is 49.1 cm³/mol. The van der Waals surface area contributed by atoms with Crippen molar-refractivity contribution in [2.45, 2.75) is 6.92 Å². The van der Waals surface area contributed by atoms with Crippen molar-refractivity contribution in [1.29, 1.82) is 0 Å². The van der Waals surface area contributed by atoms with Crippen molar-refractivity contribution >= 4 is 6.08 Å². The van der Waals surface area contributed by atoms with E-state index >= 15 is 0 Å². The normalized spacial score (nSPS) is 11.8. The Kier molecular flexibility index (Phi) is 3.14. The van der Waals surface area contributed by atoms with Crippen molar-refractivity contribution in [3.8, 4) is 0 Å². The fourth-order valence-electron chi connectivity index (χ4n) is 0.950. The molecule has 0 aromatic heterocycles. The van der Waals surface area contributed by atoms with Gasteiger partial charge >= 0.3 is 0 Å². The number of hydrogen-bond acceptors (Lipinski definition) is 1. The van der Waals surface area contributed by atoms with E-state index in [4.69, 9.17) is 5.73 Å². The molecule has 0 saturated carbocycles. The Morgan fingerprint density at radius 3 is 2.77 bits per heavy atom. The maximum Gasteiger partial charge on any atom is 0.130 e. The first kappa shape index (κ1) is 9.86. The summed E-state index contributed by atoms with van der Waals surface area (Å²) in [7, 11) is 0. The second-order valence-electron chi connectivity index (χ2n) is 2.86. The average Bonchev–Trinajstić information content (AvgIpc) is 2.11. The van der Waals surface area contributed by atoms with Crippen molar-refractivity contribution in [3.05, 3.63) is 41.0 Å². The highest BCUT2D eigenvalue weighted by molar-refractivity contribution is 5.53. The Hall–Kier alpha value is -1.22. The zero-order valence-electron chi connectivity index (χ0n) is 7.35. The minimum absolute atomic E-state index is 0.239. The summed E-state index contributed by atoms with van der Waals surface area (Å²) in [5, 5.41) is 0. The second-order valence-corrected chi connectivity index (χ2v) is 2.86. The van der Waals surface area contributed by atoms with Gasteiger partial charge in [0.1, 0.15) is 11.6 Å². The summed E-state index contributed by atoms with van der Waals surface area (Å²) < 4.78 is 25.7. The Bertz CT molecular complexity index is 332. The predicted octanol–water partition coefficient (Wildman–Crippen LogP) is 2.33. The second kappa shape index (κ2) is 4.14. The molecule has 0 atom stereocenters. The molecule has 0 heterocycles. The van der Waals surface area contributed by atoms with Crippen LogP contribution in [0, 0.1) is 11.6 Å². The Balaban J connectivity index is 3.07. The van der Waals surface area contributed by atoms with Crippen LogP contribution in [0.4, 0.5) is 8.78 Å². The van der Waals surface area contributed by atoms with Gasteiger partial charge in [-0.1, -0.05) is 11.6 Å². The summed E-state index contributed by atoms with van der Waals surface area (Å²) in [5.74, 6) is -0.883. The molecule has 0 bridgehead atoms. The SMILES string of the molecule is C/C(=C/c1cc(F)ccc1F)CN. The van der Waals surface area contributed by atoms with Gasteiger partial charge in [-0.3, -0.25) is 0 Å². The minimum Gasteiger partial charge on any atom is -0.327 e. The molecule has 1 nitrogen and oxygen atoms in total. The molecule has 0 aliphatic carbocycles. The molecule has 0 amide bonds. The molecular formula is C10H11F2N. The molecule has 0 radical (unpaired) electrons. The first-order valence-electron chi connectivity index (χ1n) is 3.96. The van der Waals surface area contributed by atoms with Crippen molar-refractivity contribution < 1.29 is 8.78 Å². The van der Waals surface area contributed by atoms with Crippen LogP contribution in [0.2, 0.25) is 0 Å². The lowest BCUT2D eigenvalue weighted by molar-refractivity contribution is 0.598. The first-order chi connectivity index (χ1) is 6.13. The van der Waals surface area contributed by atoms with Crippen molar-refractivity contribution in [2.24, 2.45) is 5.73 Å². The van der Waals surface area contributed by atoms with Crippen LogP contribution >= 0.6 is 0 Å². The van der Waals surface area contributed by atoms with Gasteiger partial charge in [-0.25, -0.2) is 8.78 Å². The van der Waals surface area contributed by atoms with Crippen LogP contribution in [0.25, 0.3) is 6.08 Å². The fraction of sp³-hybridized carbons (Fsp3) is 0.200. The number of nitrogens with two attached hydrogens (primary N) is 1. The number of benzene rings is 1. The molecule has 2 N–H and O–H groups in total. The van der Waals surface area contributed by atoms with E-state index < -0.39 is 11.6 Å². The van der Waals surface area contributed by atoms with E-state index in [0.717, 1.165) is 23.8 Å². The third-order valence-electron chi connectivity index (χ3n) is 1.68. The van der Waals surface area contributed by atoms with Gasteiger partial charge in [0.25, 0.3) is 0 Å². The summed E-state index contributed by atoms with van der Waals surface area (Å²) in [6.45, 7) is 2.11. The third-order valence-corrected chi connectivity index (χ3v) is 1.68. The summed E-state index contributed by atoms with van der Waals surface area (Å²) >= 11 is 0. The Labute approximate surface area is 75.9 Å². The highest BCUT2D eigenvalue weighted by Gasteiger charge is 2.00. The first-order valence-corrected chi connectivity index (χ1v) is 3.96. The molecule has 3 heteroatoms. The standard InChI is InChI=1S/C10H11F2N/c1-7(6-13)4-8-5-9(11)2-3-10(8)12/h2-5H,6,13H2,1H3/b7-4-. The lowest BCUT2D eigenvalue weighted by atomic mass is 10.1. The van der Waals surface area contributed by atoms with Crippen molar-refractivity contribution in [3.63, 3.8) is 0 Å². The van der Waals surface area contributed by atoms with Gasteiger partial charge in [-0.2, -0.15) is 0 Å². The van der Waals surface area contributed by atoms with Crippen LogP contribution in [-0.2, 0) is 0 Å². The summed E-state index contributed by atoms with van der Waals surface area (Å²) in [6, 6.07) is 3.34. The Morgan fingerprint density at radius 2 is 2.15 bits per heavy atom. The van der Waals surface area contributed by atoms with Crippen LogP contribution in [0.1, 0.15) is 12.5 Å².